The van der Waals surface area contributed by atoms with Gasteiger partial charge in [-0.2, -0.15) is 0 Å². The van der Waals surface area contributed by atoms with Crippen LogP contribution in [0, 0.1) is 0 Å². The third-order valence-corrected chi connectivity index (χ3v) is 6.54. The van der Waals surface area contributed by atoms with E-state index in [-0.39, 0.29) is 59.8 Å². The summed E-state index contributed by atoms with van der Waals surface area (Å²) in [7, 11) is 5.78. The molecule has 0 saturated carbocycles. The Kier molecular flexibility index (Phi) is 6.92. The van der Waals surface area contributed by atoms with Crippen molar-refractivity contribution in [2.75, 3.05) is 0 Å². The summed E-state index contributed by atoms with van der Waals surface area (Å²) in [5, 5.41) is 0. The maximum atomic E-state index is 12.5. The number of nitrogens with zero attached hydrogens (tertiary/aromatic N) is 8. The van der Waals surface area contributed by atoms with Crippen LogP contribution in [-0.2, 0) is 50.9 Å². The van der Waals surface area contributed by atoms with Gasteiger partial charge in [0.15, 0.2) is 33.9 Å². The Labute approximate surface area is 209 Å². The SMILES string of the molecule is Cn1c(=O)c2c(ncn2CC(=O)CCCCCC(=O)Cn2cnc3c2c(=O)n(C)c(=O)n3C)n(C)c1=O. The van der Waals surface area contributed by atoms with Gasteiger partial charge in [0.25, 0.3) is 11.1 Å². The average molecular weight is 513 g/mol. The fourth-order valence-electron chi connectivity index (χ4n) is 4.39. The highest BCUT2D eigenvalue weighted by molar-refractivity contribution is 5.81. The van der Waals surface area contributed by atoms with Crippen LogP contribution in [0.15, 0.2) is 31.8 Å². The quantitative estimate of drug-likeness (QED) is 0.244. The number of imidazole rings is 2. The zero-order chi connectivity index (χ0) is 27.0. The van der Waals surface area contributed by atoms with E-state index in [4.69, 9.17) is 0 Å². The van der Waals surface area contributed by atoms with Gasteiger partial charge in [0.05, 0.1) is 25.7 Å². The lowest BCUT2D eigenvalue weighted by Gasteiger charge is -2.07. The van der Waals surface area contributed by atoms with E-state index in [0.29, 0.717) is 19.3 Å². The molecule has 196 valence electrons. The predicted octanol–water partition coefficient (Wildman–Crippen LogP) is -1.03. The van der Waals surface area contributed by atoms with Crippen molar-refractivity contribution >= 4 is 33.9 Å². The van der Waals surface area contributed by atoms with Gasteiger partial charge in [0.1, 0.15) is 0 Å². The molecule has 0 bridgehead atoms. The van der Waals surface area contributed by atoms with E-state index < -0.39 is 22.5 Å². The minimum Gasteiger partial charge on any atom is -0.317 e. The Morgan fingerprint density at radius 1 is 0.622 bits per heavy atom. The van der Waals surface area contributed by atoms with E-state index >= 15 is 0 Å². The molecule has 4 aromatic rings. The summed E-state index contributed by atoms with van der Waals surface area (Å²) >= 11 is 0. The molecule has 4 heterocycles. The second-order valence-corrected chi connectivity index (χ2v) is 9.14. The molecule has 0 N–H and O–H groups in total. The average Bonchev–Trinajstić information content (AvgIpc) is 3.48. The largest absolute Gasteiger partial charge is 0.332 e. The summed E-state index contributed by atoms with van der Waals surface area (Å²) in [5.41, 5.74) is -1.14. The third-order valence-electron chi connectivity index (χ3n) is 6.54. The van der Waals surface area contributed by atoms with Crippen LogP contribution in [0.5, 0.6) is 0 Å². The van der Waals surface area contributed by atoms with E-state index in [9.17, 15) is 28.8 Å². The molecule has 0 aromatic carbocycles. The van der Waals surface area contributed by atoms with Crippen LogP contribution in [0.4, 0.5) is 0 Å². The second-order valence-electron chi connectivity index (χ2n) is 9.14. The fourth-order valence-corrected chi connectivity index (χ4v) is 4.39. The molecule has 0 unspecified atom stereocenters. The van der Waals surface area contributed by atoms with Crippen LogP contribution in [0.25, 0.3) is 22.3 Å². The van der Waals surface area contributed by atoms with Crippen LogP contribution in [-0.4, -0.2) is 48.9 Å². The van der Waals surface area contributed by atoms with Crippen molar-refractivity contribution in [2.45, 2.75) is 45.2 Å². The normalized spacial score (nSPS) is 11.6. The Morgan fingerprint density at radius 3 is 1.38 bits per heavy atom. The molecule has 0 spiro atoms. The van der Waals surface area contributed by atoms with Gasteiger partial charge < -0.3 is 9.13 Å². The molecule has 0 fully saturated rings. The summed E-state index contributed by atoms with van der Waals surface area (Å²) in [6.45, 7) is -0.0674. The number of carbonyl (C=O) groups excluding carboxylic acids is 2. The third kappa shape index (κ3) is 4.61. The summed E-state index contributed by atoms with van der Waals surface area (Å²) < 4.78 is 7.40. The summed E-state index contributed by atoms with van der Waals surface area (Å²) in [6, 6.07) is 0. The van der Waals surface area contributed by atoms with Crippen LogP contribution in [0.2, 0.25) is 0 Å². The van der Waals surface area contributed by atoms with Gasteiger partial charge in [0.2, 0.25) is 0 Å². The van der Waals surface area contributed by atoms with Gasteiger partial charge in [0, 0.05) is 41.0 Å². The molecule has 14 heteroatoms. The number of hydrogen-bond donors (Lipinski definition) is 0. The molecule has 0 aliphatic carbocycles. The first-order valence-electron chi connectivity index (χ1n) is 11.8. The highest BCUT2D eigenvalue weighted by Crippen LogP contribution is 2.10. The molecule has 37 heavy (non-hydrogen) atoms. The fraction of sp³-hybridized carbons (Fsp3) is 0.478. The molecular formula is C23H28N8O6. The monoisotopic (exact) mass is 512 g/mol. The number of hydrogen-bond acceptors (Lipinski definition) is 8. The number of aryl methyl sites for hydroxylation is 2. The lowest BCUT2D eigenvalue weighted by Crippen LogP contribution is -2.37. The molecule has 4 rings (SSSR count). The van der Waals surface area contributed by atoms with Crippen molar-refractivity contribution in [3.63, 3.8) is 0 Å². The van der Waals surface area contributed by atoms with Crippen molar-refractivity contribution < 1.29 is 9.59 Å². The van der Waals surface area contributed by atoms with Crippen LogP contribution >= 0.6 is 0 Å². The summed E-state index contributed by atoms with van der Waals surface area (Å²) in [4.78, 5) is 82.2. The second kappa shape index (κ2) is 9.95. The first-order valence-corrected chi connectivity index (χ1v) is 11.8. The lowest BCUT2D eigenvalue weighted by atomic mass is 10.1. The molecule has 4 aromatic heterocycles. The maximum Gasteiger partial charge on any atom is 0.332 e. The standard InChI is InChI=1S/C23H28N8O6/c1-26-18-16(20(34)28(3)22(26)36)30(12-24-18)10-14(32)8-6-5-7-9-15(33)11-31-13-25-19-17(31)21(35)29(4)23(37)27(19)2/h12-13H,5-11H2,1-4H3. The topological polar surface area (TPSA) is 158 Å². The number of fused-ring (bicyclic) bond motifs is 2. The number of Topliss-reactive ketones (excluding diaryl/α,β-unsaturated/α-hetero) is 2. The molecule has 0 amide bonds. The zero-order valence-corrected chi connectivity index (χ0v) is 21.1. The van der Waals surface area contributed by atoms with E-state index in [1.54, 1.807) is 0 Å². The molecule has 0 aliphatic heterocycles. The molecule has 0 saturated heterocycles. The first kappa shape index (κ1) is 25.7. The number of rotatable bonds is 10. The molecule has 0 atom stereocenters. The Hall–Kier alpha value is -4.36. The Morgan fingerprint density at radius 2 is 1.00 bits per heavy atom. The Bertz CT molecular complexity index is 1650. The number of unbranched alkanes of at least 4 members (excludes halogenated alkanes) is 2. The van der Waals surface area contributed by atoms with Gasteiger partial charge >= 0.3 is 11.4 Å². The maximum absolute atomic E-state index is 12.5. The van der Waals surface area contributed by atoms with Crippen LogP contribution in [0.1, 0.15) is 32.1 Å². The highest BCUT2D eigenvalue weighted by Gasteiger charge is 2.17. The molecular weight excluding hydrogens is 484 g/mol. The van der Waals surface area contributed by atoms with Gasteiger partial charge in [-0.25, -0.2) is 19.6 Å². The number of carbonyl (C=O) groups is 2. The lowest BCUT2D eigenvalue weighted by molar-refractivity contribution is -0.120. The van der Waals surface area contributed by atoms with Gasteiger partial charge in [-0.3, -0.25) is 37.4 Å². The molecule has 0 radical (unpaired) electrons. The highest BCUT2D eigenvalue weighted by atomic mass is 16.2. The minimum atomic E-state index is -0.507. The van der Waals surface area contributed by atoms with Crippen molar-refractivity contribution in [1.29, 1.82) is 0 Å². The van der Waals surface area contributed by atoms with E-state index in [1.807, 2.05) is 0 Å². The zero-order valence-electron chi connectivity index (χ0n) is 21.1. The van der Waals surface area contributed by atoms with Crippen molar-refractivity contribution in [3.8, 4) is 0 Å². The minimum absolute atomic E-state index is 0.0337. The predicted molar refractivity (Wildman–Crippen MR) is 134 cm³/mol. The Balaban J connectivity index is 1.29. The first-order chi connectivity index (χ1) is 17.5. The smallest absolute Gasteiger partial charge is 0.317 e. The van der Waals surface area contributed by atoms with Crippen LogP contribution in [0.3, 0.4) is 0 Å². The van der Waals surface area contributed by atoms with Crippen molar-refractivity contribution in [3.05, 3.63) is 54.3 Å². The number of aromatic nitrogens is 8. The van der Waals surface area contributed by atoms with E-state index in [0.717, 1.165) is 9.13 Å². The van der Waals surface area contributed by atoms with Gasteiger partial charge in [-0.15, -0.1) is 0 Å². The molecule has 0 aliphatic rings. The van der Waals surface area contributed by atoms with Crippen LogP contribution < -0.4 is 22.5 Å². The van der Waals surface area contributed by atoms with Gasteiger partial charge in [-0.1, -0.05) is 6.42 Å². The van der Waals surface area contributed by atoms with E-state index in [2.05, 4.69) is 9.97 Å². The number of ketones is 2. The summed E-state index contributed by atoms with van der Waals surface area (Å²) in [6.07, 6.45) is 5.11. The van der Waals surface area contributed by atoms with Crippen molar-refractivity contribution in [1.82, 2.24) is 37.4 Å². The summed E-state index contributed by atoms with van der Waals surface area (Å²) in [5.74, 6) is -0.180. The van der Waals surface area contributed by atoms with E-state index in [1.165, 1.54) is 59.1 Å². The van der Waals surface area contributed by atoms with Crippen molar-refractivity contribution in [2.24, 2.45) is 28.2 Å². The molecule has 14 nitrogen and oxygen atoms in total. The van der Waals surface area contributed by atoms with Gasteiger partial charge in [-0.05, 0) is 12.8 Å².